The molecule has 166 valence electrons. The third-order valence-electron chi connectivity index (χ3n) is 5.27. The highest BCUT2D eigenvalue weighted by molar-refractivity contribution is 6.53. The summed E-state index contributed by atoms with van der Waals surface area (Å²) in [6, 6.07) is 18.6. The number of carbonyl (C=O) groups excluding carboxylic acids is 3. The van der Waals surface area contributed by atoms with Crippen molar-refractivity contribution in [3.63, 3.8) is 0 Å². The molecule has 0 fully saturated rings. The highest BCUT2D eigenvalue weighted by atomic mass is 35.5. The van der Waals surface area contributed by atoms with E-state index in [1.54, 1.807) is 60.7 Å². The summed E-state index contributed by atoms with van der Waals surface area (Å²) in [7, 11) is 0. The van der Waals surface area contributed by atoms with E-state index in [-0.39, 0.29) is 16.6 Å². The van der Waals surface area contributed by atoms with E-state index in [0.29, 0.717) is 27.6 Å². The number of carbonyl (C=O) groups is 3. The third kappa shape index (κ3) is 4.62. The molecule has 0 aliphatic carbocycles. The molecule has 6 nitrogen and oxygen atoms in total. The van der Waals surface area contributed by atoms with Crippen LogP contribution in [0.15, 0.2) is 77.5 Å². The van der Waals surface area contributed by atoms with Crippen molar-refractivity contribution < 1.29 is 14.4 Å². The molecule has 0 saturated carbocycles. The first-order valence-corrected chi connectivity index (χ1v) is 10.8. The van der Waals surface area contributed by atoms with Crippen molar-refractivity contribution in [3.05, 3.63) is 99.2 Å². The molecule has 0 atom stereocenters. The Balaban J connectivity index is 1.49. The van der Waals surface area contributed by atoms with Crippen molar-refractivity contribution in [1.29, 1.82) is 0 Å². The van der Waals surface area contributed by atoms with Gasteiger partial charge in [-0.2, -0.15) is 0 Å². The summed E-state index contributed by atoms with van der Waals surface area (Å²) in [6.07, 6.45) is 0. The second-order valence-corrected chi connectivity index (χ2v) is 8.38. The van der Waals surface area contributed by atoms with E-state index >= 15 is 0 Å². The van der Waals surface area contributed by atoms with Gasteiger partial charge in [0, 0.05) is 22.0 Å². The number of anilines is 3. The molecule has 0 unspecified atom stereocenters. The van der Waals surface area contributed by atoms with Crippen molar-refractivity contribution in [2.24, 2.45) is 0 Å². The van der Waals surface area contributed by atoms with Crippen molar-refractivity contribution in [2.45, 2.75) is 13.8 Å². The summed E-state index contributed by atoms with van der Waals surface area (Å²) in [5, 5.41) is 5.99. The first-order chi connectivity index (χ1) is 15.7. The molecule has 3 aromatic carbocycles. The van der Waals surface area contributed by atoms with Gasteiger partial charge in [-0.3, -0.25) is 14.4 Å². The number of nitrogens with zero attached hydrogens (tertiary/aromatic N) is 1. The van der Waals surface area contributed by atoms with Crippen LogP contribution < -0.4 is 15.5 Å². The van der Waals surface area contributed by atoms with Crippen LogP contribution in [0.25, 0.3) is 0 Å². The fraction of sp³-hybridized carbons (Fsp3) is 0.0800. The minimum Gasteiger partial charge on any atom is -0.350 e. The Labute approximate surface area is 200 Å². The largest absolute Gasteiger partial charge is 0.350 e. The molecule has 4 rings (SSSR count). The van der Waals surface area contributed by atoms with Gasteiger partial charge in [0.2, 0.25) is 0 Å². The number of halogens is 2. The minimum atomic E-state index is -0.593. The fourth-order valence-electron chi connectivity index (χ4n) is 3.33. The van der Waals surface area contributed by atoms with E-state index in [1.165, 1.54) is 0 Å². The van der Waals surface area contributed by atoms with Crippen molar-refractivity contribution in [1.82, 2.24) is 0 Å². The van der Waals surface area contributed by atoms with Gasteiger partial charge in [-0.15, -0.1) is 0 Å². The lowest BCUT2D eigenvalue weighted by atomic mass is 10.1. The Morgan fingerprint density at radius 3 is 2.21 bits per heavy atom. The van der Waals surface area contributed by atoms with E-state index in [9.17, 15) is 14.4 Å². The summed E-state index contributed by atoms with van der Waals surface area (Å²) >= 11 is 12.1. The Morgan fingerprint density at radius 2 is 1.55 bits per heavy atom. The molecule has 0 spiro atoms. The Bertz CT molecular complexity index is 1320. The van der Waals surface area contributed by atoms with Gasteiger partial charge in [0.05, 0.1) is 5.69 Å². The monoisotopic (exact) mass is 479 g/mol. The van der Waals surface area contributed by atoms with Crippen LogP contribution >= 0.6 is 23.2 Å². The van der Waals surface area contributed by atoms with Gasteiger partial charge < -0.3 is 10.6 Å². The van der Waals surface area contributed by atoms with Gasteiger partial charge in [-0.25, -0.2) is 4.90 Å². The van der Waals surface area contributed by atoms with E-state index in [0.717, 1.165) is 16.0 Å². The summed E-state index contributed by atoms with van der Waals surface area (Å²) < 4.78 is 0. The number of nitrogens with one attached hydrogen (secondary N) is 2. The third-order valence-corrected chi connectivity index (χ3v) is 5.86. The van der Waals surface area contributed by atoms with Gasteiger partial charge >= 0.3 is 0 Å². The zero-order valence-electron chi connectivity index (χ0n) is 17.8. The average Bonchev–Trinajstić information content (AvgIpc) is 2.99. The second kappa shape index (κ2) is 9.10. The lowest BCUT2D eigenvalue weighted by Crippen LogP contribution is -2.32. The number of hydrogen-bond donors (Lipinski definition) is 2. The Hall–Kier alpha value is -3.61. The summed E-state index contributed by atoms with van der Waals surface area (Å²) in [5.74, 6) is -1.45. The quantitative estimate of drug-likeness (QED) is 0.463. The summed E-state index contributed by atoms with van der Waals surface area (Å²) in [6.45, 7) is 3.85. The Kier molecular flexibility index (Phi) is 6.22. The van der Waals surface area contributed by atoms with Gasteiger partial charge in [0.15, 0.2) is 0 Å². The van der Waals surface area contributed by atoms with E-state index in [1.807, 2.05) is 19.9 Å². The molecule has 0 aromatic heterocycles. The molecule has 0 saturated heterocycles. The van der Waals surface area contributed by atoms with Gasteiger partial charge in [-0.1, -0.05) is 35.3 Å². The lowest BCUT2D eigenvalue weighted by molar-refractivity contribution is -0.120. The zero-order valence-corrected chi connectivity index (χ0v) is 19.3. The number of rotatable bonds is 5. The maximum Gasteiger partial charge on any atom is 0.283 e. The molecule has 2 N–H and O–H groups in total. The zero-order chi connectivity index (χ0) is 23.7. The first-order valence-electron chi connectivity index (χ1n) is 10.0. The van der Waals surface area contributed by atoms with Crippen molar-refractivity contribution in [3.8, 4) is 0 Å². The minimum absolute atomic E-state index is 0.0176. The number of aryl methyl sites for hydroxylation is 2. The standard InChI is InChI=1S/C25H19Cl2N3O3/c1-14-6-11-20(12-15(14)2)30-24(32)21(27)22(25(30)33)28-18-9-7-16(8-10-18)23(31)29-19-5-3-4-17(26)13-19/h3-13,28H,1-2H3,(H,29,31). The molecular weight excluding hydrogens is 461 g/mol. The highest BCUT2D eigenvalue weighted by Gasteiger charge is 2.39. The van der Waals surface area contributed by atoms with Crippen LogP contribution in [-0.4, -0.2) is 17.7 Å². The van der Waals surface area contributed by atoms with Gasteiger partial charge in [-0.05, 0) is 79.6 Å². The Morgan fingerprint density at radius 1 is 0.818 bits per heavy atom. The van der Waals surface area contributed by atoms with E-state index < -0.39 is 11.8 Å². The predicted molar refractivity (Wildman–Crippen MR) is 131 cm³/mol. The van der Waals surface area contributed by atoms with Crippen molar-refractivity contribution in [2.75, 3.05) is 15.5 Å². The van der Waals surface area contributed by atoms with Crippen LogP contribution in [0, 0.1) is 13.8 Å². The first kappa shape index (κ1) is 22.6. The average molecular weight is 480 g/mol. The fourth-order valence-corrected chi connectivity index (χ4v) is 3.73. The molecule has 1 aliphatic heterocycles. The molecule has 0 bridgehead atoms. The van der Waals surface area contributed by atoms with Gasteiger partial charge in [0.25, 0.3) is 17.7 Å². The van der Waals surface area contributed by atoms with Gasteiger partial charge in [0.1, 0.15) is 10.7 Å². The highest BCUT2D eigenvalue weighted by Crippen LogP contribution is 2.31. The van der Waals surface area contributed by atoms with E-state index in [4.69, 9.17) is 23.2 Å². The SMILES string of the molecule is Cc1ccc(N2C(=O)C(Cl)=C(Nc3ccc(C(=O)Nc4cccc(Cl)c4)cc3)C2=O)cc1C. The lowest BCUT2D eigenvalue weighted by Gasteiger charge is -2.16. The number of hydrogen-bond acceptors (Lipinski definition) is 4. The topological polar surface area (TPSA) is 78.5 Å². The van der Waals surface area contributed by atoms with Crippen LogP contribution in [0.2, 0.25) is 5.02 Å². The van der Waals surface area contributed by atoms with Crippen LogP contribution in [-0.2, 0) is 9.59 Å². The predicted octanol–water partition coefficient (Wildman–Crippen LogP) is 5.64. The summed E-state index contributed by atoms with van der Waals surface area (Å²) in [4.78, 5) is 39.1. The number of amides is 3. The van der Waals surface area contributed by atoms with Crippen LogP contribution in [0.5, 0.6) is 0 Å². The molecule has 3 aromatic rings. The maximum atomic E-state index is 13.0. The molecule has 3 amide bonds. The smallest absolute Gasteiger partial charge is 0.283 e. The number of benzene rings is 3. The maximum absolute atomic E-state index is 13.0. The normalized spacial score (nSPS) is 13.5. The van der Waals surface area contributed by atoms with Crippen LogP contribution in [0.4, 0.5) is 17.1 Å². The molecule has 0 radical (unpaired) electrons. The van der Waals surface area contributed by atoms with Crippen molar-refractivity contribution >= 4 is 58.0 Å². The number of imide groups is 1. The van der Waals surface area contributed by atoms with Crippen LogP contribution in [0.1, 0.15) is 21.5 Å². The molecule has 1 aliphatic rings. The molecule has 8 heteroatoms. The molecular formula is C25H19Cl2N3O3. The molecule has 1 heterocycles. The summed E-state index contributed by atoms with van der Waals surface area (Å²) in [5.41, 5.74) is 3.93. The second-order valence-electron chi connectivity index (χ2n) is 7.57. The molecule has 33 heavy (non-hydrogen) atoms. The van der Waals surface area contributed by atoms with Crippen LogP contribution in [0.3, 0.4) is 0 Å². The van der Waals surface area contributed by atoms with E-state index in [2.05, 4.69) is 10.6 Å².